The van der Waals surface area contributed by atoms with Crippen molar-refractivity contribution in [2.24, 2.45) is 18.7 Å². The van der Waals surface area contributed by atoms with Gasteiger partial charge in [0.25, 0.3) is 0 Å². The fourth-order valence-electron chi connectivity index (χ4n) is 1.02. The molecule has 0 saturated heterocycles. The Bertz CT molecular complexity index is 246. The summed E-state index contributed by atoms with van der Waals surface area (Å²) in [5.74, 6) is 0.277. The van der Waals surface area contributed by atoms with Gasteiger partial charge in [-0.15, -0.1) is 0 Å². The third kappa shape index (κ3) is 1.64. The maximum atomic E-state index is 13.5. The number of nitrogens with zero attached hydrogens (tertiary/aromatic N) is 2. The fraction of sp³-hybridized carbons (Fsp3) is 0.625. The van der Waals surface area contributed by atoms with Crippen LogP contribution in [0.5, 0.6) is 0 Å². The summed E-state index contributed by atoms with van der Waals surface area (Å²) in [6, 6.07) is 0. The third-order valence-corrected chi connectivity index (χ3v) is 1.98. The van der Waals surface area contributed by atoms with E-state index in [1.807, 2.05) is 0 Å². The van der Waals surface area contributed by atoms with Gasteiger partial charge in [0, 0.05) is 25.4 Å². The van der Waals surface area contributed by atoms with E-state index in [0.29, 0.717) is 12.4 Å². The lowest BCUT2D eigenvalue weighted by molar-refractivity contribution is 0.234. The lowest BCUT2D eigenvalue weighted by atomic mass is 10.1. The predicted molar refractivity (Wildman–Crippen MR) is 45.3 cm³/mol. The van der Waals surface area contributed by atoms with Crippen LogP contribution in [0.4, 0.5) is 4.39 Å². The van der Waals surface area contributed by atoms with Crippen molar-refractivity contribution < 1.29 is 4.39 Å². The molecule has 1 rings (SSSR count). The summed E-state index contributed by atoms with van der Waals surface area (Å²) in [6.07, 6.45) is 2.26. The van der Waals surface area contributed by atoms with Crippen molar-refractivity contribution in [1.29, 1.82) is 0 Å². The molecule has 1 heterocycles. The summed E-state index contributed by atoms with van der Waals surface area (Å²) in [6.45, 7) is 2.12. The Kier molecular flexibility index (Phi) is 2.81. The average molecular weight is 171 g/mol. The molecule has 1 aromatic heterocycles. The molecule has 0 radical (unpaired) electrons. The van der Waals surface area contributed by atoms with Crippen molar-refractivity contribution in [1.82, 2.24) is 9.55 Å². The highest BCUT2D eigenvalue weighted by Crippen LogP contribution is 2.22. The highest BCUT2D eigenvalue weighted by Gasteiger charge is 2.20. The summed E-state index contributed by atoms with van der Waals surface area (Å²) in [7, 11) is 1.78. The molecule has 0 aliphatic heterocycles. The molecular weight excluding hydrogens is 157 g/mol. The van der Waals surface area contributed by atoms with Gasteiger partial charge in [0.1, 0.15) is 5.82 Å². The second-order valence-electron chi connectivity index (χ2n) is 3.01. The van der Waals surface area contributed by atoms with Crippen LogP contribution in [0.2, 0.25) is 0 Å². The zero-order valence-electron chi connectivity index (χ0n) is 7.37. The molecule has 3 nitrogen and oxygen atoms in total. The highest BCUT2D eigenvalue weighted by atomic mass is 19.1. The summed E-state index contributed by atoms with van der Waals surface area (Å²) < 4.78 is 15.1. The standard InChI is InChI=1S/C8H14FN3/c1-6(5-10)7(9)8-11-3-4-12(8)2/h3-4,6-7H,5,10H2,1-2H3. The van der Waals surface area contributed by atoms with Gasteiger partial charge in [0.15, 0.2) is 6.17 Å². The van der Waals surface area contributed by atoms with Crippen LogP contribution in [0.15, 0.2) is 12.4 Å². The summed E-state index contributed by atoms with van der Waals surface area (Å²) >= 11 is 0. The van der Waals surface area contributed by atoms with Gasteiger partial charge < -0.3 is 10.3 Å². The molecule has 0 saturated carbocycles. The molecule has 0 aliphatic rings. The Labute approximate surface area is 71.4 Å². The maximum absolute atomic E-state index is 13.5. The minimum absolute atomic E-state index is 0.175. The Morgan fingerprint density at radius 2 is 2.42 bits per heavy atom. The highest BCUT2D eigenvalue weighted by molar-refractivity contribution is 4.97. The SMILES string of the molecule is CC(CN)C(F)c1nccn1C. The quantitative estimate of drug-likeness (QED) is 0.738. The number of rotatable bonds is 3. The van der Waals surface area contributed by atoms with E-state index in [1.54, 1.807) is 30.9 Å². The lowest BCUT2D eigenvalue weighted by Gasteiger charge is -2.13. The number of hydrogen-bond acceptors (Lipinski definition) is 2. The van der Waals surface area contributed by atoms with E-state index in [2.05, 4.69) is 4.98 Å². The van der Waals surface area contributed by atoms with Crippen molar-refractivity contribution in [3.63, 3.8) is 0 Å². The Morgan fingerprint density at radius 3 is 2.83 bits per heavy atom. The first-order valence-corrected chi connectivity index (χ1v) is 3.98. The molecule has 0 spiro atoms. The number of aryl methyl sites for hydroxylation is 1. The first kappa shape index (κ1) is 9.19. The van der Waals surface area contributed by atoms with Gasteiger partial charge in [-0.1, -0.05) is 6.92 Å². The van der Waals surface area contributed by atoms with Gasteiger partial charge in [0.2, 0.25) is 0 Å². The molecule has 1 aromatic rings. The topological polar surface area (TPSA) is 43.8 Å². The first-order valence-electron chi connectivity index (χ1n) is 3.98. The second-order valence-corrected chi connectivity index (χ2v) is 3.01. The molecule has 0 aliphatic carbocycles. The minimum atomic E-state index is -1.06. The zero-order valence-corrected chi connectivity index (χ0v) is 7.37. The number of aromatic nitrogens is 2. The van der Waals surface area contributed by atoms with E-state index in [0.717, 1.165) is 0 Å². The number of hydrogen-bond donors (Lipinski definition) is 1. The van der Waals surface area contributed by atoms with Crippen LogP contribution in [-0.4, -0.2) is 16.1 Å². The van der Waals surface area contributed by atoms with E-state index in [4.69, 9.17) is 5.73 Å². The summed E-state index contributed by atoms with van der Waals surface area (Å²) in [5.41, 5.74) is 5.35. The van der Waals surface area contributed by atoms with Crippen molar-refractivity contribution in [3.8, 4) is 0 Å². The molecule has 4 heteroatoms. The minimum Gasteiger partial charge on any atom is -0.336 e. The van der Waals surface area contributed by atoms with E-state index >= 15 is 0 Å². The molecule has 0 amide bonds. The Morgan fingerprint density at radius 1 is 1.75 bits per heavy atom. The van der Waals surface area contributed by atoms with E-state index < -0.39 is 6.17 Å². The van der Waals surface area contributed by atoms with Crippen molar-refractivity contribution >= 4 is 0 Å². The lowest BCUT2D eigenvalue weighted by Crippen LogP contribution is -2.18. The van der Waals surface area contributed by atoms with Gasteiger partial charge in [-0.2, -0.15) is 0 Å². The molecule has 2 N–H and O–H groups in total. The van der Waals surface area contributed by atoms with Crippen LogP contribution in [-0.2, 0) is 7.05 Å². The van der Waals surface area contributed by atoms with Crippen LogP contribution in [0, 0.1) is 5.92 Å². The van der Waals surface area contributed by atoms with Gasteiger partial charge in [0.05, 0.1) is 0 Å². The van der Waals surface area contributed by atoms with Gasteiger partial charge in [-0.25, -0.2) is 9.37 Å². The van der Waals surface area contributed by atoms with Gasteiger partial charge in [-0.05, 0) is 6.54 Å². The maximum Gasteiger partial charge on any atom is 0.161 e. The Balaban J connectivity index is 2.77. The number of halogens is 1. The average Bonchev–Trinajstić information content (AvgIpc) is 2.48. The van der Waals surface area contributed by atoms with Gasteiger partial charge >= 0.3 is 0 Å². The normalized spacial score (nSPS) is 16.0. The predicted octanol–water partition coefficient (Wildman–Crippen LogP) is 1.03. The van der Waals surface area contributed by atoms with Crippen molar-refractivity contribution in [3.05, 3.63) is 18.2 Å². The first-order chi connectivity index (χ1) is 5.66. The van der Waals surface area contributed by atoms with Crippen molar-refractivity contribution in [2.75, 3.05) is 6.54 Å². The van der Waals surface area contributed by atoms with E-state index in [9.17, 15) is 4.39 Å². The molecule has 2 atom stereocenters. The van der Waals surface area contributed by atoms with E-state index in [1.165, 1.54) is 0 Å². The molecule has 0 fully saturated rings. The van der Waals surface area contributed by atoms with Crippen LogP contribution in [0.3, 0.4) is 0 Å². The molecule has 68 valence electrons. The zero-order chi connectivity index (χ0) is 9.14. The fourth-order valence-corrected chi connectivity index (χ4v) is 1.02. The van der Waals surface area contributed by atoms with Crippen LogP contribution < -0.4 is 5.73 Å². The largest absolute Gasteiger partial charge is 0.336 e. The molecule has 0 aromatic carbocycles. The van der Waals surface area contributed by atoms with Crippen LogP contribution >= 0.6 is 0 Å². The second kappa shape index (κ2) is 3.67. The molecule has 2 unspecified atom stereocenters. The summed E-state index contributed by atoms with van der Waals surface area (Å²) in [4.78, 5) is 3.92. The Hall–Kier alpha value is -0.900. The molecule has 0 bridgehead atoms. The number of nitrogens with two attached hydrogens (primary N) is 1. The third-order valence-electron chi connectivity index (χ3n) is 1.98. The molecule has 12 heavy (non-hydrogen) atoms. The summed E-state index contributed by atoms with van der Waals surface area (Å²) in [5, 5.41) is 0. The van der Waals surface area contributed by atoms with Crippen LogP contribution in [0.1, 0.15) is 18.9 Å². The number of imidazole rings is 1. The van der Waals surface area contributed by atoms with Gasteiger partial charge in [-0.3, -0.25) is 0 Å². The number of alkyl halides is 1. The van der Waals surface area contributed by atoms with Crippen molar-refractivity contribution in [2.45, 2.75) is 13.1 Å². The molecular formula is C8H14FN3. The van der Waals surface area contributed by atoms with Crippen LogP contribution in [0.25, 0.3) is 0 Å². The monoisotopic (exact) mass is 171 g/mol. The van der Waals surface area contributed by atoms with E-state index in [-0.39, 0.29) is 5.92 Å². The smallest absolute Gasteiger partial charge is 0.161 e.